The molecule has 3 heteroatoms. The lowest BCUT2D eigenvalue weighted by Crippen LogP contribution is -2.36. The van der Waals surface area contributed by atoms with Crippen LogP contribution in [0, 0.1) is 9.49 Å². The first-order valence-corrected chi connectivity index (χ1v) is 6.45. The second-order valence-corrected chi connectivity index (χ2v) is 5.51. The Morgan fingerprint density at radius 3 is 2.67 bits per heavy atom. The largest absolute Gasteiger partial charge is 0.391 e. The average Bonchev–Trinajstić information content (AvgIpc) is 2.14. The van der Waals surface area contributed by atoms with Gasteiger partial charge in [0.15, 0.2) is 0 Å². The van der Waals surface area contributed by atoms with Gasteiger partial charge in [-0.3, -0.25) is 0 Å². The van der Waals surface area contributed by atoms with Crippen LogP contribution in [0.15, 0.2) is 24.3 Å². The van der Waals surface area contributed by atoms with Gasteiger partial charge in [0.25, 0.3) is 0 Å². The van der Waals surface area contributed by atoms with Gasteiger partial charge < -0.3 is 10.8 Å². The molecule has 0 saturated heterocycles. The van der Waals surface area contributed by atoms with Crippen molar-refractivity contribution in [1.82, 2.24) is 0 Å². The van der Waals surface area contributed by atoms with Gasteiger partial charge in [-0.05, 0) is 59.0 Å². The summed E-state index contributed by atoms with van der Waals surface area (Å²) < 4.78 is 1.17. The molecule has 15 heavy (non-hydrogen) atoms. The van der Waals surface area contributed by atoms with E-state index in [0.717, 1.165) is 18.4 Å². The number of aliphatic hydroxyl groups is 1. The van der Waals surface area contributed by atoms with E-state index >= 15 is 0 Å². The highest BCUT2D eigenvalue weighted by molar-refractivity contribution is 14.1. The van der Waals surface area contributed by atoms with E-state index in [-0.39, 0.29) is 12.1 Å². The molecule has 82 valence electrons. The van der Waals surface area contributed by atoms with Crippen LogP contribution in [-0.2, 0) is 0 Å². The molecule has 0 heterocycles. The molecule has 2 atom stereocenters. The molecule has 1 aliphatic carbocycles. The zero-order chi connectivity index (χ0) is 10.8. The lowest BCUT2D eigenvalue weighted by atomic mass is 9.77. The Bertz CT molecular complexity index is 338. The number of aliphatic hydroxyl groups excluding tert-OH is 1. The predicted octanol–water partition coefficient (Wildman–Crippen LogP) is 2.45. The summed E-state index contributed by atoms with van der Waals surface area (Å²) in [5, 5.41) is 10.1. The Balaban J connectivity index is 2.08. The van der Waals surface area contributed by atoms with Crippen molar-refractivity contribution in [1.29, 1.82) is 0 Å². The van der Waals surface area contributed by atoms with Gasteiger partial charge in [-0.1, -0.05) is 18.6 Å². The van der Waals surface area contributed by atoms with Crippen molar-refractivity contribution in [2.75, 3.05) is 0 Å². The second-order valence-electron chi connectivity index (χ2n) is 4.26. The van der Waals surface area contributed by atoms with E-state index in [1.54, 1.807) is 0 Å². The number of nitrogens with two attached hydrogens (primary N) is 1. The molecule has 1 fully saturated rings. The van der Waals surface area contributed by atoms with Crippen molar-refractivity contribution in [3.8, 4) is 0 Å². The first kappa shape index (κ1) is 11.4. The Labute approximate surface area is 104 Å². The van der Waals surface area contributed by atoms with E-state index in [4.69, 9.17) is 5.73 Å². The van der Waals surface area contributed by atoms with Crippen LogP contribution in [0.25, 0.3) is 0 Å². The van der Waals surface area contributed by atoms with E-state index in [0.29, 0.717) is 5.92 Å². The lowest BCUT2D eigenvalue weighted by molar-refractivity contribution is 0.0413. The number of rotatable bonds is 3. The van der Waals surface area contributed by atoms with E-state index in [1.165, 1.54) is 9.99 Å². The smallest absolute Gasteiger partial charge is 0.0760 e. The van der Waals surface area contributed by atoms with Crippen LogP contribution in [0.4, 0.5) is 0 Å². The van der Waals surface area contributed by atoms with Gasteiger partial charge in [-0.2, -0.15) is 0 Å². The fraction of sp³-hybridized carbons (Fsp3) is 0.500. The van der Waals surface area contributed by atoms with Crippen LogP contribution in [0.2, 0.25) is 0 Å². The zero-order valence-electron chi connectivity index (χ0n) is 8.57. The maximum atomic E-state index is 10.1. The molecule has 0 amide bonds. The van der Waals surface area contributed by atoms with Gasteiger partial charge in [-0.15, -0.1) is 0 Å². The Morgan fingerprint density at radius 2 is 2.13 bits per heavy atom. The van der Waals surface area contributed by atoms with Crippen LogP contribution in [0.1, 0.15) is 30.9 Å². The molecule has 2 rings (SSSR count). The Morgan fingerprint density at radius 1 is 1.40 bits per heavy atom. The molecule has 0 aliphatic heterocycles. The molecule has 1 aromatic rings. The third-order valence-corrected chi connectivity index (χ3v) is 3.91. The molecule has 3 N–H and O–H groups in total. The van der Waals surface area contributed by atoms with Gasteiger partial charge in [0.1, 0.15) is 0 Å². The maximum Gasteiger partial charge on any atom is 0.0760 e. The lowest BCUT2D eigenvalue weighted by Gasteiger charge is -2.33. The molecule has 0 unspecified atom stereocenters. The number of hydrogen-bond acceptors (Lipinski definition) is 2. The van der Waals surface area contributed by atoms with E-state index < -0.39 is 0 Å². The third-order valence-electron chi connectivity index (χ3n) is 3.23. The average molecular weight is 317 g/mol. The minimum Gasteiger partial charge on any atom is -0.391 e. The van der Waals surface area contributed by atoms with Gasteiger partial charge in [-0.25, -0.2) is 0 Å². The van der Waals surface area contributed by atoms with Crippen LogP contribution in [0.3, 0.4) is 0 Å². The Hall–Kier alpha value is -0.130. The highest BCUT2D eigenvalue weighted by Gasteiger charge is 2.30. The summed E-state index contributed by atoms with van der Waals surface area (Å²) in [7, 11) is 0. The summed E-state index contributed by atoms with van der Waals surface area (Å²) >= 11 is 2.27. The van der Waals surface area contributed by atoms with E-state index in [9.17, 15) is 5.11 Å². The fourth-order valence-electron chi connectivity index (χ4n) is 1.99. The predicted molar refractivity (Wildman–Crippen MR) is 69.4 cm³/mol. The van der Waals surface area contributed by atoms with Crippen molar-refractivity contribution < 1.29 is 5.11 Å². The second kappa shape index (κ2) is 4.80. The molecule has 0 radical (unpaired) electrons. The van der Waals surface area contributed by atoms with Crippen molar-refractivity contribution in [2.24, 2.45) is 11.7 Å². The molecule has 1 saturated carbocycles. The summed E-state index contributed by atoms with van der Waals surface area (Å²) in [5.41, 5.74) is 7.11. The quantitative estimate of drug-likeness (QED) is 0.841. The summed E-state index contributed by atoms with van der Waals surface area (Å²) in [6, 6.07) is 7.84. The molecular weight excluding hydrogens is 301 g/mol. The molecule has 0 aromatic heterocycles. The van der Waals surface area contributed by atoms with Gasteiger partial charge in [0.2, 0.25) is 0 Å². The normalized spacial score (nSPS) is 20.7. The van der Waals surface area contributed by atoms with Crippen LogP contribution in [-0.4, -0.2) is 11.2 Å². The van der Waals surface area contributed by atoms with Crippen LogP contribution < -0.4 is 5.73 Å². The first-order valence-electron chi connectivity index (χ1n) is 5.37. The monoisotopic (exact) mass is 317 g/mol. The van der Waals surface area contributed by atoms with Crippen molar-refractivity contribution in [2.45, 2.75) is 31.4 Å². The topological polar surface area (TPSA) is 46.2 Å². The van der Waals surface area contributed by atoms with Gasteiger partial charge >= 0.3 is 0 Å². The Kier molecular flexibility index (Phi) is 3.64. The maximum absolute atomic E-state index is 10.1. The van der Waals surface area contributed by atoms with E-state index in [1.807, 2.05) is 24.3 Å². The summed E-state index contributed by atoms with van der Waals surface area (Å²) in [6.07, 6.45) is 3.11. The standard InChI is InChI=1S/C12H16INO/c13-10-6-2-5-9(7-10)11(14)12(15)8-3-1-4-8/h2,5-8,11-12,15H,1,3-4,14H2/t11-,12+/m0/s1. The van der Waals surface area contributed by atoms with Crippen molar-refractivity contribution in [3.63, 3.8) is 0 Å². The minimum absolute atomic E-state index is 0.231. The number of hydrogen-bond donors (Lipinski definition) is 2. The van der Waals surface area contributed by atoms with Crippen LogP contribution >= 0.6 is 22.6 Å². The molecule has 0 spiro atoms. The number of halogens is 1. The zero-order valence-corrected chi connectivity index (χ0v) is 10.7. The highest BCUT2D eigenvalue weighted by atomic mass is 127. The van der Waals surface area contributed by atoms with E-state index in [2.05, 4.69) is 22.6 Å². The van der Waals surface area contributed by atoms with Gasteiger partial charge in [0.05, 0.1) is 12.1 Å². The first-order chi connectivity index (χ1) is 7.18. The summed E-state index contributed by atoms with van der Waals surface area (Å²) in [6.45, 7) is 0. The van der Waals surface area contributed by atoms with Crippen molar-refractivity contribution in [3.05, 3.63) is 33.4 Å². The fourth-order valence-corrected chi connectivity index (χ4v) is 2.55. The molecular formula is C12H16INO. The van der Waals surface area contributed by atoms with Gasteiger partial charge in [0, 0.05) is 3.57 Å². The third kappa shape index (κ3) is 2.52. The van der Waals surface area contributed by atoms with Crippen LogP contribution in [0.5, 0.6) is 0 Å². The molecule has 2 nitrogen and oxygen atoms in total. The molecule has 1 aliphatic rings. The molecule has 1 aromatic carbocycles. The summed E-state index contributed by atoms with van der Waals surface area (Å²) in [5.74, 6) is 0.415. The SMILES string of the molecule is N[C@@H](c1cccc(I)c1)[C@H](O)C1CCC1. The molecule has 0 bridgehead atoms. The highest BCUT2D eigenvalue weighted by Crippen LogP contribution is 2.34. The summed E-state index contributed by atoms with van der Waals surface area (Å²) in [4.78, 5) is 0. The van der Waals surface area contributed by atoms with Crippen molar-refractivity contribution >= 4 is 22.6 Å². The minimum atomic E-state index is -0.378. The number of benzene rings is 1.